The molecule has 0 aliphatic carbocycles. The van der Waals surface area contributed by atoms with Gasteiger partial charge in [0.05, 0.1) is 19.5 Å². The summed E-state index contributed by atoms with van der Waals surface area (Å²) >= 11 is 1.16. The molecule has 0 bridgehead atoms. The number of amides is 2. The molecule has 1 aliphatic heterocycles. The number of nitrogens with one attached hydrogen (secondary N) is 2. The van der Waals surface area contributed by atoms with E-state index < -0.39 is 84.6 Å². The average molecular weight is 1120 g/mol. The number of nitrogen functional groups attached to an aromatic ring is 1. The molecule has 0 saturated carbocycles. The number of aliphatic hydroxyl groups excluding tert-OH is 2. The number of aromatic nitrogens is 4. The number of hydrogen-bond donors (Lipinski definition) is 9. The molecule has 24 nitrogen and oxygen atoms in total. The largest absolute Gasteiger partial charge is 0.481 e. The number of carbonyl (C=O) groups is 3. The Balaban J connectivity index is 1.22. The molecule has 28 heteroatoms. The van der Waals surface area contributed by atoms with E-state index in [1.54, 1.807) is 0 Å². The Morgan fingerprint density at radius 3 is 1.86 bits per heavy atom. The summed E-state index contributed by atoms with van der Waals surface area (Å²) in [7, 11) is -16.4. The lowest BCUT2D eigenvalue weighted by Gasteiger charge is -2.30. The number of aliphatic hydroxyl groups is 2. The molecule has 3 rings (SSSR count). The van der Waals surface area contributed by atoms with Crippen LogP contribution in [0.25, 0.3) is 11.2 Å². The highest BCUT2D eigenvalue weighted by Crippen LogP contribution is 2.61. The van der Waals surface area contributed by atoms with Gasteiger partial charge in [0.2, 0.25) is 11.8 Å². The lowest BCUT2D eigenvalue weighted by molar-refractivity contribution is -0.137. The first kappa shape index (κ1) is 64.8. The second-order valence-electron chi connectivity index (χ2n) is 19.1. The number of ether oxygens (including phenoxy) is 1. The van der Waals surface area contributed by atoms with Crippen LogP contribution >= 0.6 is 35.2 Å². The van der Waals surface area contributed by atoms with E-state index in [0.29, 0.717) is 12.2 Å². The van der Waals surface area contributed by atoms with Crippen molar-refractivity contribution in [1.82, 2.24) is 30.2 Å². The topological polar surface area (TPSA) is 364 Å². The summed E-state index contributed by atoms with van der Waals surface area (Å²) in [5, 5.41) is 26.7. The number of fused-ring (bicyclic) bond motifs is 1. The molecule has 2 aromatic rings. The van der Waals surface area contributed by atoms with Crippen molar-refractivity contribution in [3.63, 3.8) is 0 Å². The molecule has 0 radical (unpaired) electrons. The van der Waals surface area contributed by atoms with Gasteiger partial charge in [0.15, 0.2) is 22.8 Å². The zero-order valence-electron chi connectivity index (χ0n) is 42.6. The van der Waals surface area contributed by atoms with E-state index in [1.165, 1.54) is 129 Å². The summed E-state index contributed by atoms with van der Waals surface area (Å²) in [6, 6.07) is 0. The van der Waals surface area contributed by atoms with Crippen LogP contribution in [0, 0.1) is 5.41 Å². The number of phosphoric ester groups is 3. The van der Waals surface area contributed by atoms with E-state index in [9.17, 15) is 57.9 Å². The molecule has 7 atom stereocenters. The summed E-state index contributed by atoms with van der Waals surface area (Å²) in [4.78, 5) is 88.6. The highest BCUT2D eigenvalue weighted by atomic mass is 32.2. The van der Waals surface area contributed by atoms with Gasteiger partial charge in [-0.2, -0.15) is 4.31 Å². The SMILES string of the molecule is CCCCCCCCCCCCCCCCCCCCCCCC(=O)SCCNC(=O)CCNC(=O)C(O)C(C)(C)COP(=O)(O)OP(=O)(O)OCC1OC(n2cnc3c(N)ncnc32)C(O)C1OP(=O)(O)O. The quantitative estimate of drug-likeness (QED) is 0.0233. The van der Waals surface area contributed by atoms with Crippen molar-refractivity contribution in [3.8, 4) is 0 Å². The normalized spacial score (nSPS) is 19.4. The van der Waals surface area contributed by atoms with Crippen LogP contribution in [0.4, 0.5) is 5.82 Å². The molecule has 1 saturated heterocycles. The Bertz CT molecular complexity index is 2100. The van der Waals surface area contributed by atoms with Gasteiger partial charge in [-0.05, 0) is 6.42 Å². The standard InChI is InChI=1S/C45H82N7O17P3S/c1-4-5-6-7-8-9-10-11-12-13-14-15-16-17-18-19-20-21-22-23-24-25-36(54)73-29-28-47-35(53)26-27-48-43(57)40(56)45(2,3)31-66-72(63,64)69-71(61,62)65-30-34-39(68-70(58,59)60)38(55)44(67-34)52-33-51-37-41(46)49-32-50-42(37)52/h32-34,38-40,44,55-56H,4-31H2,1-3H3,(H,47,53)(H,48,57)(H,61,62)(H,63,64)(H2,46,49,50)(H2,58,59,60). The first-order valence-electron chi connectivity index (χ1n) is 25.6. The summed E-state index contributed by atoms with van der Waals surface area (Å²) < 4.78 is 62.5. The molecule has 7 unspecified atom stereocenters. The third kappa shape index (κ3) is 26.0. The Hall–Kier alpha value is -2.44. The molecule has 1 aliphatic rings. The minimum atomic E-state index is -5.58. The maximum absolute atomic E-state index is 12.8. The fraction of sp³-hybridized carbons (Fsp3) is 0.822. The Labute approximate surface area is 433 Å². The van der Waals surface area contributed by atoms with E-state index in [-0.39, 0.29) is 41.6 Å². The van der Waals surface area contributed by atoms with Crippen LogP contribution in [0.3, 0.4) is 0 Å². The maximum Gasteiger partial charge on any atom is 0.481 e. The molecule has 0 aromatic carbocycles. The van der Waals surface area contributed by atoms with E-state index in [4.69, 9.17) is 19.5 Å². The number of phosphoric acid groups is 3. The zero-order chi connectivity index (χ0) is 53.9. The number of rotatable bonds is 41. The minimum Gasteiger partial charge on any atom is -0.386 e. The Morgan fingerprint density at radius 1 is 0.781 bits per heavy atom. The van der Waals surface area contributed by atoms with Crippen molar-refractivity contribution < 1.29 is 80.5 Å². The van der Waals surface area contributed by atoms with E-state index in [0.717, 1.165) is 48.2 Å². The van der Waals surface area contributed by atoms with Gasteiger partial charge < -0.3 is 50.9 Å². The number of nitrogens with zero attached hydrogens (tertiary/aromatic N) is 4. The second-order valence-corrected chi connectivity index (χ2v) is 24.5. The number of imidazole rings is 1. The monoisotopic (exact) mass is 1120 g/mol. The molecule has 1 fully saturated rings. The van der Waals surface area contributed by atoms with Crippen LogP contribution in [0.5, 0.6) is 0 Å². The van der Waals surface area contributed by atoms with E-state index >= 15 is 0 Å². The number of nitrogens with two attached hydrogens (primary N) is 1. The van der Waals surface area contributed by atoms with Crippen LogP contribution in [-0.2, 0) is 50.7 Å². The summed E-state index contributed by atoms with van der Waals surface area (Å²) in [6.45, 7) is 2.86. The van der Waals surface area contributed by atoms with Crippen LogP contribution in [-0.4, -0.2) is 123 Å². The predicted octanol–water partition coefficient (Wildman–Crippen LogP) is 7.27. The van der Waals surface area contributed by atoms with Gasteiger partial charge in [-0.15, -0.1) is 0 Å². The van der Waals surface area contributed by atoms with Gasteiger partial charge in [-0.25, -0.2) is 28.6 Å². The van der Waals surface area contributed by atoms with Crippen molar-refractivity contribution in [3.05, 3.63) is 12.7 Å². The number of carbonyl (C=O) groups excluding carboxylic acids is 3. The van der Waals surface area contributed by atoms with Crippen molar-refractivity contribution in [2.75, 3.05) is 37.8 Å². The molecular formula is C45H82N7O17P3S. The third-order valence-corrected chi connectivity index (χ3v) is 16.3. The number of unbranched alkanes of at least 4 members (excludes halogenated alkanes) is 20. The molecule has 2 amide bonds. The summed E-state index contributed by atoms with van der Waals surface area (Å²) in [6.07, 6.45) is 20.9. The molecular weight excluding hydrogens is 1040 g/mol. The van der Waals surface area contributed by atoms with Crippen LogP contribution in [0.1, 0.15) is 175 Å². The molecule has 2 aromatic heterocycles. The number of hydrogen-bond acceptors (Lipinski definition) is 18. The van der Waals surface area contributed by atoms with Gasteiger partial charge >= 0.3 is 23.5 Å². The maximum atomic E-state index is 12.8. The van der Waals surface area contributed by atoms with Crippen LogP contribution in [0.15, 0.2) is 12.7 Å². The fourth-order valence-electron chi connectivity index (χ4n) is 8.07. The van der Waals surface area contributed by atoms with Crippen molar-refractivity contribution >= 4 is 69.1 Å². The second kappa shape index (κ2) is 33.7. The molecule has 10 N–H and O–H groups in total. The first-order valence-corrected chi connectivity index (χ1v) is 31.1. The lowest BCUT2D eigenvalue weighted by atomic mass is 9.87. The predicted molar refractivity (Wildman–Crippen MR) is 274 cm³/mol. The summed E-state index contributed by atoms with van der Waals surface area (Å²) in [5.74, 6) is -1.01. The van der Waals surface area contributed by atoms with Crippen molar-refractivity contribution in [2.45, 2.75) is 199 Å². The zero-order valence-corrected chi connectivity index (χ0v) is 46.1. The van der Waals surface area contributed by atoms with Crippen molar-refractivity contribution in [1.29, 1.82) is 0 Å². The molecule has 3 heterocycles. The number of anilines is 1. The Kier molecular flexibility index (Phi) is 29.9. The fourth-order valence-corrected chi connectivity index (χ4v) is 11.6. The van der Waals surface area contributed by atoms with E-state index in [2.05, 4.69) is 41.3 Å². The minimum absolute atomic E-state index is 0.0346. The van der Waals surface area contributed by atoms with Gasteiger partial charge in [0, 0.05) is 37.1 Å². The van der Waals surface area contributed by atoms with Gasteiger partial charge in [-0.3, -0.25) is 32.5 Å². The first-order chi connectivity index (χ1) is 34.6. The highest BCUT2D eigenvalue weighted by molar-refractivity contribution is 8.13. The van der Waals surface area contributed by atoms with Gasteiger partial charge in [0.1, 0.15) is 36.3 Å². The average Bonchev–Trinajstić information content (AvgIpc) is 3.88. The van der Waals surface area contributed by atoms with Crippen molar-refractivity contribution in [2.24, 2.45) is 5.41 Å². The Morgan fingerprint density at radius 2 is 1.32 bits per heavy atom. The smallest absolute Gasteiger partial charge is 0.386 e. The summed E-state index contributed by atoms with van der Waals surface area (Å²) in [5.41, 5.74) is 4.30. The third-order valence-electron chi connectivity index (χ3n) is 12.2. The number of thioether (sulfide) groups is 1. The van der Waals surface area contributed by atoms with E-state index in [1.807, 2.05) is 0 Å². The van der Waals surface area contributed by atoms with Crippen LogP contribution < -0.4 is 16.4 Å². The molecule has 73 heavy (non-hydrogen) atoms. The van der Waals surface area contributed by atoms with Gasteiger partial charge in [0.25, 0.3) is 0 Å². The van der Waals surface area contributed by atoms with Gasteiger partial charge in [-0.1, -0.05) is 161 Å². The molecule has 0 spiro atoms. The lowest BCUT2D eigenvalue weighted by Crippen LogP contribution is -2.46. The molecule has 420 valence electrons. The highest BCUT2D eigenvalue weighted by Gasteiger charge is 2.50. The van der Waals surface area contributed by atoms with Crippen LogP contribution in [0.2, 0.25) is 0 Å².